The Balaban J connectivity index is 2.05. The summed E-state index contributed by atoms with van der Waals surface area (Å²) in [4.78, 5) is 27.5. The summed E-state index contributed by atoms with van der Waals surface area (Å²) in [6.07, 6.45) is 6.76. The number of fused-ring (bicyclic) bond motifs is 1. The molecule has 0 aliphatic heterocycles. The van der Waals surface area contributed by atoms with E-state index in [9.17, 15) is 9.90 Å². The molecule has 0 unspecified atom stereocenters. The molecule has 0 spiro atoms. The molecule has 0 saturated heterocycles. The van der Waals surface area contributed by atoms with Gasteiger partial charge in [0.05, 0.1) is 46.1 Å². The van der Waals surface area contributed by atoms with E-state index < -0.39 is 0 Å². The molecular weight excluding hydrogens is 364 g/mol. The van der Waals surface area contributed by atoms with Crippen molar-refractivity contribution in [2.24, 2.45) is 7.05 Å². The van der Waals surface area contributed by atoms with Crippen LogP contribution in [-0.4, -0.2) is 41.0 Å². The van der Waals surface area contributed by atoms with Gasteiger partial charge in [0.2, 0.25) is 0 Å². The van der Waals surface area contributed by atoms with Gasteiger partial charge in [-0.25, -0.2) is 15.0 Å². The third-order valence-corrected chi connectivity index (χ3v) is 5.30. The first-order valence-electron chi connectivity index (χ1n) is 8.42. The molecule has 4 rings (SSSR count). The summed E-state index contributed by atoms with van der Waals surface area (Å²) in [6.45, 7) is 3.55. The van der Waals surface area contributed by atoms with Crippen LogP contribution in [0.4, 0.5) is 0 Å². The minimum Gasteiger partial charge on any atom is -0.394 e. The van der Waals surface area contributed by atoms with Crippen molar-refractivity contribution in [3.8, 4) is 21.8 Å². The lowest BCUT2D eigenvalue weighted by Gasteiger charge is -2.13. The maximum absolute atomic E-state index is 13.1. The molecule has 4 aromatic heterocycles. The zero-order valence-corrected chi connectivity index (χ0v) is 15.9. The Morgan fingerprint density at radius 1 is 1.30 bits per heavy atom. The van der Waals surface area contributed by atoms with Crippen LogP contribution < -0.4 is 5.56 Å². The molecular formula is C18H18N6O2S. The summed E-state index contributed by atoms with van der Waals surface area (Å²) in [5.74, 6) is 0. The first-order chi connectivity index (χ1) is 13.0. The third kappa shape index (κ3) is 3.04. The summed E-state index contributed by atoms with van der Waals surface area (Å²) in [7, 11) is 1.82. The van der Waals surface area contributed by atoms with Gasteiger partial charge >= 0.3 is 0 Å². The van der Waals surface area contributed by atoms with E-state index >= 15 is 0 Å². The molecule has 0 saturated carbocycles. The van der Waals surface area contributed by atoms with Gasteiger partial charge in [0, 0.05) is 25.0 Å². The van der Waals surface area contributed by atoms with E-state index in [1.54, 1.807) is 30.1 Å². The smallest absolute Gasteiger partial charge is 0.261 e. The number of pyridine rings is 1. The molecule has 4 heterocycles. The van der Waals surface area contributed by atoms with Crippen LogP contribution >= 0.6 is 11.3 Å². The second-order valence-electron chi connectivity index (χ2n) is 6.39. The summed E-state index contributed by atoms with van der Waals surface area (Å²) < 4.78 is 3.12. The molecule has 27 heavy (non-hydrogen) atoms. The Morgan fingerprint density at radius 3 is 2.74 bits per heavy atom. The van der Waals surface area contributed by atoms with Gasteiger partial charge in [0.25, 0.3) is 5.56 Å². The topological polar surface area (TPSA) is 98.7 Å². The van der Waals surface area contributed by atoms with E-state index in [0.29, 0.717) is 22.3 Å². The number of aryl methyl sites for hydroxylation is 2. The quantitative estimate of drug-likeness (QED) is 0.581. The number of hydrogen-bond acceptors (Lipinski definition) is 7. The molecule has 0 aliphatic carbocycles. The largest absolute Gasteiger partial charge is 0.394 e. The molecule has 0 aliphatic rings. The number of aromatic nitrogens is 6. The molecule has 9 heteroatoms. The number of rotatable bonds is 4. The highest BCUT2D eigenvalue weighted by atomic mass is 32.1. The van der Waals surface area contributed by atoms with E-state index in [0.717, 1.165) is 15.4 Å². The van der Waals surface area contributed by atoms with Crippen molar-refractivity contribution in [3.63, 3.8) is 0 Å². The molecule has 4 aromatic rings. The number of aliphatic hydroxyl groups excluding tert-OH is 1. The summed E-state index contributed by atoms with van der Waals surface area (Å²) in [5, 5.41) is 15.0. The molecule has 0 aromatic carbocycles. The molecule has 0 bridgehead atoms. The summed E-state index contributed by atoms with van der Waals surface area (Å²) in [6, 6.07) is 1.39. The second-order valence-corrected chi connectivity index (χ2v) is 7.62. The van der Waals surface area contributed by atoms with E-state index in [2.05, 4.69) is 15.1 Å². The van der Waals surface area contributed by atoms with Gasteiger partial charge in [-0.15, -0.1) is 11.3 Å². The maximum atomic E-state index is 13.1. The van der Waals surface area contributed by atoms with Crippen LogP contribution in [0.1, 0.15) is 18.0 Å². The van der Waals surface area contributed by atoms with Crippen LogP contribution in [0.2, 0.25) is 0 Å². The van der Waals surface area contributed by atoms with Gasteiger partial charge in [0.15, 0.2) is 0 Å². The van der Waals surface area contributed by atoms with Crippen LogP contribution in [0.25, 0.3) is 32.7 Å². The molecule has 138 valence electrons. The number of thiazole rings is 1. The SMILES string of the molecule is Cc1ncc(-c2cc3c(=O)n([C@@H](C)CO)cnc3c(-c3cnn(C)c3)n2)s1. The Bertz CT molecular complexity index is 1190. The minimum atomic E-state index is -0.362. The van der Waals surface area contributed by atoms with Gasteiger partial charge < -0.3 is 5.11 Å². The number of nitrogens with zero attached hydrogens (tertiary/aromatic N) is 6. The fraction of sp³-hybridized carbons (Fsp3) is 0.278. The zero-order chi connectivity index (χ0) is 19.1. The van der Waals surface area contributed by atoms with Gasteiger partial charge in [-0.1, -0.05) is 0 Å². The number of aliphatic hydroxyl groups is 1. The van der Waals surface area contributed by atoms with Crippen molar-refractivity contribution in [1.82, 2.24) is 29.3 Å². The summed E-state index contributed by atoms with van der Waals surface area (Å²) in [5.41, 5.74) is 2.35. The molecule has 0 radical (unpaired) electrons. The van der Waals surface area contributed by atoms with Crippen molar-refractivity contribution in [2.45, 2.75) is 19.9 Å². The molecule has 1 atom stereocenters. The average molecular weight is 382 g/mol. The molecule has 0 fully saturated rings. The van der Waals surface area contributed by atoms with Crippen LogP contribution in [-0.2, 0) is 7.05 Å². The first kappa shape index (κ1) is 17.5. The highest BCUT2D eigenvalue weighted by Gasteiger charge is 2.18. The van der Waals surface area contributed by atoms with Crippen molar-refractivity contribution >= 4 is 22.2 Å². The van der Waals surface area contributed by atoms with Gasteiger partial charge in [-0.3, -0.25) is 14.0 Å². The molecule has 1 N–H and O–H groups in total. The predicted molar refractivity (Wildman–Crippen MR) is 104 cm³/mol. The van der Waals surface area contributed by atoms with Crippen molar-refractivity contribution < 1.29 is 5.11 Å². The Hall–Kier alpha value is -2.91. The van der Waals surface area contributed by atoms with E-state index in [1.165, 1.54) is 22.2 Å². The van der Waals surface area contributed by atoms with Crippen LogP contribution in [0, 0.1) is 6.92 Å². The van der Waals surface area contributed by atoms with Crippen molar-refractivity contribution in [2.75, 3.05) is 6.61 Å². The van der Waals surface area contributed by atoms with Crippen molar-refractivity contribution in [1.29, 1.82) is 0 Å². The van der Waals surface area contributed by atoms with Crippen LogP contribution in [0.5, 0.6) is 0 Å². The standard InChI is InChI=1S/C18H18N6O2S/c1-10(8-25)24-9-20-17-13(18(24)26)4-14(15-6-19-11(2)27-15)22-16(17)12-5-21-23(3)7-12/h4-7,9-10,25H,8H2,1-3H3/t10-/m0/s1. The van der Waals surface area contributed by atoms with E-state index in [1.807, 2.05) is 20.2 Å². The zero-order valence-electron chi connectivity index (χ0n) is 15.1. The number of hydrogen-bond donors (Lipinski definition) is 1. The first-order valence-corrected chi connectivity index (χ1v) is 9.24. The fourth-order valence-corrected chi connectivity index (χ4v) is 3.63. The van der Waals surface area contributed by atoms with Crippen LogP contribution in [0.3, 0.4) is 0 Å². The lowest BCUT2D eigenvalue weighted by Crippen LogP contribution is -2.25. The highest BCUT2D eigenvalue weighted by molar-refractivity contribution is 7.15. The predicted octanol–water partition coefficient (Wildman–Crippen LogP) is 2.18. The Labute approximate surface area is 158 Å². The van der Waals surface area contributed by atoms with Gasteiger partial charge in [-0.2, -0.15) is 5.10 Å². The van der Waals surface area contributed by atoms with E-state index in [-0.39, 0.29) is 18.2 Å². The second kappa shape index (κ2) is 6.67. The van der Waals surface area contributed by atoms with Crippen molar-refractivity contribution in [3.05, 3.63) is 46.3 Å². The average Bonchev–Trinajstić information content (AvgIpc) is 3.29. The maximum Gasteiger partial charge on any atom is 0.261 e. The monoisotopic (exact) mass is 382 g/mol. The highest BCUT2D eigenvalue weighted by Crippen LogP contribution is 2.31. The Kier molecular flexibility index (Phi) is 4.33. The van der Waals surface area contributed by atoms with Gasteiger partial charge in [0.1, 0.15) is 11.2 Å². The normalized spacial score (nSPS) is 12.6. The lowest BCUT2D eigenvalue weighted by molar-refractivity contribution is 0.236. The lowest BCUT2D eigenvalue weighted by atomic mass is 10.1. The van der Waals surface area contributed by atoms with Gasteiger partial charge in [-0.05, 0) is 19.9 Å². The van der Waals surface area contributed by atoms with Crippen LogP contribution in [0.15, 0.2) is 35.8 Å². The van der Waals surface area contributed by atoms with E-state index in [4.69, 9.17) is 4.98 Å². The molecule has 0 amide bonds. The molecule has 8 nitrogen and oxygen atoms in total. The minimum absolute atomic E-state index is 0.144. The third-order valence-electron chi connectivity index (χ3n) is 4.36. The fourth-order valence-electron chi connectivity index (χ4n) is 2.90. The Morgan fingerprint density at radius 2 is 2.11 bits per heavy atom. The summed E-state index contributed by atoms with van der Waals surface area (Å²) >= 11 is 1.52.